The van der Waals surface area contributed by atoms with E-state index in [1.165, 1.54) is 0 Å². The highest BCUT2D eigenvalue weighted by atomic mass is 79.9. The number of pyridine rings is 1. The average Bonchev–Trinajstić information content (AvgIpc) is 2.97. The number of nitrogens with zero attached hydrogens (tertiary/aromatic N) is 2. The standard InChI is InChI=1S/C15H18BrN5O2/c1-2-10-13(16)14(21-20-10)15(22)19-9-3-4-11(18-7-9)12-8-17-5-6-23-12/h3-4,7,12,17H,2,5-6,8H2,1H3,(H,19,22)(H,20,21). The lowest BCUT2D eigenvalue weighted by molar-refractivity contribution is 0.0250. The summed E-state index contributed by atoms with van der Waals surface area (Å²) in [6.07, 6.45) is 2.34. The molecule has 3 N–H and O–H groups in total. The number of aromatic amines is 1. The Labute approximate surface area is 142 Å². The van der Waals surface area contributed by atoms with Gasteiger partial charge in [0.1, 0.15) is 11.8 Å². The predicted molar refractivity (Wildman–Crippen MR) is 89.4 cm³/mol. The van der Waals surface area contributed by atoms with E-state index in [9.17, 15) is 4.79 Å². The van der Waals surface area contributed by atoms with Gasteiger partial charge in [-0.25, -0.2) is 0 Å². The van der Waals surface area contributed by atoms with E-state index in [1.54, 1.807) is 6.20 Å². The first-order chi connectivity index (χ1) is 11.2. The summed E-state index contributed by atoms with van der Waals surface area (Å²) < 4.78 is 6.35. The topological polar surface area (TPSA) is 91.9 Å². The Balaban J connectivity index is 1.67. The second-order valence-corrected chi connectivity index (χ2v) is 6.00. The maximum atomic E-state index is 12.3. The molecule has 1 fully saturated rings. The van der Waals surface area contributed by atoms with E-state index in [0.717, 1.165) is 30.9 Å². The lowest BCUT2D eigenvalue weighted by Crippen LogP contribution is -2.33. The van der Waals surface area contributed by atoms with Gasteiger partial charge in [0.15, 0.2) is 0 Å². The molecule has 0 aliphatic carbocycles. The third-order valence-corrected chi connectivity index (χ3v) is 4.49. The van der Waals surface area contributed by atoms with Gasteiger partial charge >= 0.3 is 0 Å². The van der Waals surface area contributed by atoms with Gasteiger partial charge in [0.05, 0.1) is 34.4 Å². The Hall–Kier alpha value is -1.77. The highest BCUT2D eigenvalue weighted by Gasteiger charge is 2.18. The van der Waals surface area contributed by atoms with Crippen LogP contribution in [0.15, 0.2) is 22.8 Å². The summed E-state index contributed by atoms with van der Waals surface area (Å²) in [5, 5.41) is 12.9. The number of amides is 1. The second-order valence-electron chi connectivity index (χ2n) is 5.20. The van der Waals surface area contributed by atoms with Gasteiger partial charge in [0, 0.05) is 13.1 Å². The van der Waals surface area contributed by atoms with Crippen LogP contribution in [0.3, 0.4) is 0 Å². The van der Waals surface area contributed by atoms with Crippen molar-refractivity contribution in [3.8, 4) is 0 Å². The van der Waals surface area contributed by atoms with Gasteiger partial charge in [0.25, 0.3) is 5.91 Å². The first-order valence-corrected chi connectivity index (χ1v) is 8.30. The maximum Gasteiger partial charge on any atom is 0.274 e. The molecule has 0 saturated carbocycles. The monoisotopic (exact) mass is 379 g/mol. The number of anilines is 1. The molecule has 2 aromatic rings. The lowest BCUT2D eigenvalue weighted by atomic mass is 10.2. The molecule has 1 saturated heterocycles. The molecule has 0 aromatic carbocycles. The van der Waals surface area contributed by atoms with Crippen LogP contribution in [0, 0.1) is 0 Å². The molecule has 3 heterocycles. The van der Waals surface area contributed by atoms with Crippen LogP contribution in [-0.2, 0) is 11.2 Å². The summed E-state index contributed by atoms with van der Waals surface area (Å²) in [5.41, 5.74) is 2.71. The molecule has 1 aliphatic heterocycles. The first kappa shape index (κ1) is 16.1. The van der Waals surface area contributed by atoms with Crippen molar-refractivity contribution in [1.82, 2.24) is 20.5 Å². The van der Waals surface area contributed by atoms with Gasteiger partial charge in [-0.2, -0.15) is 5.10 Å². The average molecular weight is 380 g/mol. The normalized spacial score (nSPS) is 17.9. The minimum absolute atomic E-state index is 0.0395. The lowest BCUT2D eigenvalue weighted by Gasteiger charge is -2.23. The number of aromatic nitrogens is 3. The number of H-pyrrole nitrogens is 1. The van der Waals surface area contributed by atoms with Crippen molar-refractivity contribution in [1.29, 1.82) is 0 Å². The van der Waals surface area contributed by atoms with Crippen molar-refractivity contribution in [2.45, 2.75) is 19.4 Å². The van der Waals surface area contributed by atoms with Crippen LogP contribution in [-0.4, -0.2) is 40.8 Å². The molecular formula is C15H18BrN5O2. The molecule has 8 heteroatoms. The van der Waals surface area contributed by atoms with Crippen LogP contribution in [0.1, 0.15) is 34.9 Å². The number of carbonyl (C=O) groups excluding carboxylic acids is 1. The summed E-state index contributed by atoms with van der Waals surface area (Å²) in [5.74, 6) is -0.255. The minimum Gasteiger partial charge on any atom is -0.369 e. The fourth-order valence-electron chi connectivity index (χ4n) is 2.37. The van der Waals surface area contributed by atoms with E-state index >= 15 is 0 Å². The Bertz CT molecular complexity index is 680. The van der Waals surface area contributed by atoms with Gasteiger partial charge in [-0.3, -0.25) is 14.9 Å². The number of morpholine rings is 1. The fraction of sp³-hybridized carbons (Fsp3) is 0.400. The van der Waals surface area contributed by atoms with Gasteiger partial charge < -0.3 is 15.4 Å². The van der Waals surface area contributed by atoms with Crippen molar-refractivity contribution < 1.29 is 9.53 Å². The Morgan fingerprint density at radius 2 is 2.39 bits per heavy atom. The molecule has 23 heavy (non-hydrogen) atoms. The molecule has 1 atom stereocenters. The molecule has 1 unspecified atom stereocenters. The fourth-order valence-corrected chi connectivity index (χ4v) is 3.01. The number of hydrogen-bond acceptors (Lipinski definition) is 5. The molecule has 0 radical (unpaired) electrons. The van der Waals surface area contributed by atoms with Crippen LogP contribution < -0.4 is 10.6 Å². The number of rotatable bonds is 4. The van der Waals surface area contributed by atoms with Crippen LogP contribution in [0.2, 0.25) is 0 Å². The largest absolute Gasteiger partial charge is 0.369 e. The highest BCUT2D eigenvalue weighted by molar-refractivity contribution is 9.10. The molecule has 0 bridgehead atoms. The smallest absolute Gasteiger partial charge is 0.274 e. The van der Waals surface area contributed by atoms with E-state index in [0.29, 0.717) is 22.5 Å². The Morgan fingerprint density at radius 3 is 3.00 bits per heavy atom. The van der Waals surface area contributed by atoms with E-state index < -0.39 is 0 Å². The predicted octanol–water partition coefficient (Wildman–Crippen LogP) is 2.04. The van der Waals surface area contributed by atoms with Crippen molar-refractivity contribution in [3.05, 3.63) is 39.9 Å². The van der Waals surface area contributed by atoms with Gasteiger partial charge in [0.2, 0.25) is 0 Å². The zero-order valence-corrected chi connectivity index (χ0v) is 14.3. The number of halogens is 1. The van der Waals surface area contributed by atoms with Crippen molar-refractivity contribution in [3.63, 3.8) is 0 Å². The summed E-state index contributed by atoms with van der Waals surface area (Å²) in [6.45, 7) is 4.27. The summed E-state index contributed by atoms with van der Waals surface area (Å²) in [7, 11) is 0. The second kappa shape index (κ2) is 7.20. The quantitative estimate of drug-likeness (QED) is 0.755. The number of hydrogen-bond donors (Lipinski definition) is 3. The molecule has 0 spiro atoms. The number of ether oxygens (including phenoxy) is 1. The Morgan fingerprint density at radius 1 is 1.52 bits per heavy atom. The zero-order chi connectivity index (χ0) is 16.2. The van der Waals surface area contributed by atoms with Crippen molar-refractivity contribution in [2.24, 2.45) is 0 Å². The van der Waals surface area contributed by atoms with Gasteiger partial charge in [-0.1, -0.05) is 6.92 Å². The van der Waals surface area contributed by atoms with E-state index in [4.69, 9.17) is 4.74 Å². The summed E-state index contributed by atoms with van der Waals surface area (Å²) >= 11 is 3.40. The van der Waals surface area contributed by atoms with E-state index in [-0.39, 0.29) is 12.0 Å². The third kappa shape index (κ3) is 3.60. The van der Waals surface area contributed by atoms with E-state index in [1.807, 2.05) is 19.1 Å². The number of aryl methyl sites for hydroxylation is 1. The first-order valence-electron chi connectivity index (χ1n) is 7.51. The highest BCUT2D eigenvalue weighted by Crippen LogP contribution is 2.21. The van der Waals surface area contributed by atoms with Crippen LogP contribution >= 0.6 is 15.9 Å². The summed E-state index contributed by atoms with van der Waals surface area (Å²) in [4.78, 5) is 16.7. The zero-order valence-electron chi connectivity index (χ0n) is 12.7. The van der Waals surface area contributed by atoms with Gasteiger partial charge in [-0.05, 0) is 34.5 Å². The van der Waals surface area contributed by atoms with Gasteiger partial charge in [-0.15, -0.1) is 0 Å². The van der Waals surface area contributed by atoms with Crippen molar-refractivity contribution >= 4 is 27.5 Å². The van der Waals surface area contributed by atoms with E-state index in [2.05, 4.69) is 41.7 Å². The molecule has 1 aliphatic rings. The SMILES string of the molecule is CCc1n[nH]c(C(=O)Nc2ccc(C3CNCCO3)nc2)c1Br. The maximum absolute atomic E-state index is 12.3. The molecule has 3 rings (SSSR count). The third-order valence-electron chi connectivity index (χ3n) is 3.64. The molecule has 7 nitrogen and oxygen atoms in total. The molecule has 1 amide bonds. The number of carbonyl (C=O) groups is 1. The molecule has 122 valence electrons. The number of nitrogens with one attached hydrogen (secondary N) is 3. The molecular weight excluding hydrogens is 362 g/mol. The van der Waals surface area contributed by atoms with Crippen LogP contribution in [0.5, 0.6) is 0 Å². The van der Waals surface area contributed by atoms with Crippen molar-refractivity contribution in [2.75, 3.05) is 25.0 Å². The molecule has 2 aromatic heterocycles. The van der Waals surface area contributed by atoms with Crippen LogP contribution in [0.4, 0.5) is 5.69 Å². The van der Waals surface area contributed by atoms with Crippen LogP contribution in [0.25, 0.3) is 0 Å². The minimum atomic E-state index is -0.255. The Kier molecular flexibility index (Phi) is 5.04. The summed E-state index contributed by atoms with van der Waals surface area (Å²) in [6, 6.07) is 3.69.